The van der Waals surface area contributed by atoms with Crippen molar-refractivity contribution in [2.75, 3.05) is 0 Å². The average molecular weight is 161 g/mol. The highest BCUT2D eigenvalue weighted by molar-refractivity contribution is 7.96. The first-order chi connectivity index (χ1) is 4.57. The third kappa shape index (κ3) is 3.67. The summed E-state index contributed by atoms with van der Waals surface area (Å²) in [6.45, 7) is 5.99. The van der Waals surface area contributed by atoms with Crippen LogP contribution in [0.1, 0.15) is 27.2 Å². The van der Waals surface area contributed by atoms with E-state index in [0.29, 0.717) is 5.92 Å². The Labute approximate surface area is 67.4 Å². The lowest BCUT2D eigenvalue weighted by Crippen LogP contribution is -2.19. The third-order valence-electron chi connectivity index (χ3n) is 1.39. The molecule has 1 radical (unpaired) electrons. The highest BCUT2D eigenvalue weighted by Crippen LogP contribution is 2.11. The molecule has 59 valence electrons. The molecule has 0 aliphatic heterocycles. The van der Waals surface area contributed by atoms with E-state index in [-0.39, 0.29) is 6.10 Å². The van der Waals surface area contributed by atoms with Gasteiger partial charge in [0.15, 0.2) is 0 Å². The Hall–Kier alpha value is -0.310. The molecule has 0 N–H and O–H groups in total. The maximum Gasteiger partial charge on any atom is 0.400 e. The van der Waals surface area contributed by atoms with Crippen molar-refractivity contribution in [1.82, 2.24) is 0 Å². The lowest BCUT2D eigenvalue weighted by Gasteiger charge is -2.17. The van der Waals surface area contributed by atoms with E-state index < -0.39 is 5.30 Å². The summed E-state index contributed by atoms with van der Waals surface area (Å²) < 4.78 is 4.84. The zero-order valence-electron chi connectivity index (χ0n) is 6.59. The minimum atomic E-state index is -0.597. The summed E-state index contributed by atoms with van der Waals surface area (Å²) in [4.78, 5) is 10.3. The third-order valence-corrected chi connectivity index (χ3v) is 1.49. The van der Waals surface area contributed by atoms with Gasteiger partial charge in [0, 0.05) is 12.6 Å². The monoisotopic (exact) mass is 161 g/mol. The van der Waals surface area contributed by atoms with Crippen LogP contribution >= 0.6 is 12.6 Å². The molecule has 0 saturated carbocycles. The molecule has 0 aromatic carbocycles. The van der Waals surface area contributed by atoms with Crippen LogP contribution in [0.15, 0.2) is 0 Å². The van der Waals surface area contributed by atoms with Gasteiger partial charge in [-0.25, -0.2) is 4.79 Å². The van der Waals surface area contributed by atoms with Gasteiger partial charge in [-0.05, 0) is 12.3 Å². The molecule has 0 bridgehead atoms. The van der Waals surface area contributed by atoms with E-state index in [2.05, 4.69) is 12.6 Å². The smallest absolute Gasteiger partial charge is 0.400 e. The maximum atomic E-state index is 10.3. The molecule has 2 nitrogen and oxygen atoms in total. The van der Waals surface area contributed by atoms with Crippen LogP contribution in [0, 0.1) is 5.92 Å². The minimum Gasteiger partial charge on any atom is -0.451 e. The topological polar surface area (TPSA) is 26.3 Å². The lowest BCUT2D eigenvalue weighted by molar-refractivity contribution is 0.0903. The second kappa shape index (κ2) is 4.50. The van der Waals surface area contributed by atoms with Crippen molar-refractivity contribution < 1.29 is 9.53 Å². The molecule has 1 unspecified atom stereocenters. The van der Waals surface area contributed by atoms with Crippen molar-refractivity contribution in [3.63, 3.8) is 0 Å². The molecule has 1 atom stereocenters. The van der Waals surface area contributed by atoms with Crippen LogP contribution in [0.5, 0.6) is 0 Å². The molecule has 0 aromatic heterocycles. The summed E-state index contributed by atoms with van der Waals surface area (Å²) in [5, 5.41) is -0.597. The fourth-order valence-corrected chi connectivity index (χ4v) is 0.938. The van der Waals surface area contributed by atoms with Gasteiger partial charge in [-0.15, -0.1) is 0 Å². The first kappa shape index (κ1) is 9.69. The average Bonchev–Trinajstić information content (AvgIpc) is 1.81. The molecule has 3 heteroatoms. The fourth-order valence-electron chi connectivity index (χ4n) is 0.814. The zero-order valence-corrected chi connectivity index (χ0v) is 7.40. The Bertz CT molecular complexity index is 112. The normalized spacial score (nSPS) is 13.2. The van der Waals surface area contributed by atoms with Crippen LogP contribution in [0.25, 0.3) is 0 Å². The lowest BCUT2D eigenvalue weighted by atomic mass is 10.1. The summed E-state index contributed by atoms with van der Waals surface area (Å²) in [5.41, 5.74) is 0. The van der Waals surface area contributed by atoms with Crippen molar-refractivity contribution in [2.24, 2.45) is 5.92 Å². The van der Waals surface area contributed by atoms with Gasteiger partial charge >= 0.3 is 5.30 Å². The van der Waals surface area contributed by atoms with Gasteiger partial charge in [-0.1, -0.05) is 20.8 Å². The molecule has 0 fully saturated rings. The van der Waals surface area contributed by atoms with Crippen molar-refractivity contribution in [1.29, 1.82) is 0 Å². The van der Waals surface area contributed by atoms with Gasteiger partial charge in [0.1, 0.15) is 6.10 Å². The van der Waals surface area contributed by atoms with Crippen molar-refractivity contribution in [2.45, 2.75) is 33.3 Å². The van der Waals surface area contributed by atoms with Gasteiger partial charge in [-0.3, -0.25) is 0 Å². The molecule has 0 amide bonds. The van der Waals surface area contributed by atoms with Gasteiger partial charge in [-0.2, -0.15) is 0 Å². The van der Waals surface area contributed by atoms with E-state index in [1.807, 2.05) is 20.8 Å². The molecular weight excluding hydrogens is 148 g/mol. The largest absolute Gasteiger partial charge is 0.451 e. The number of carbonyl (C=O) groups excluding carboxylic acids is 1. The van der Waals surface area contributed by atoms with Crippen LogP contribution in [0.4, 0.5) is 4.79 Å². The molecule has 0 rings (SSSR count). The first-order valence-electron chi connectivity index (χ1n) is 3.45. The van der Waals surface area contributed by atoms with Crippen LogP contribution in [-0.2, 0) is 4.74 Å². The molecule has 0 aromatic rings. The predicted octanol–water partition coefficient (Wildman–Crippen LogP) is 2.76. The highest BCUT2D eigenvalue weighted by atomic mass is 32.1. The maximum absolute atomic E-state index is 10.3. The summed E-state index contributed by atoms with van der Waals surface area (Å²) in [7, 11) is 0. The van der Waals surface area contributed by atoms with E-state index in [4.69, 9.17) is 4.74 Å². The van der Waals surface area contributed by atoms with E-state index in [9.17, 15) is 4.79 Å². The van der Waals surface area contributed by atoms with E-state index in [0.717, 1.165) is 6.42 Å². The summed E-state index contributed by atoms with van der Waals surface area (Å²) >= 11 is 4.28. The fraction of sp³-hybridized carbons (Fsp3) is 0.857. The standard InChI is InChI=1S/C7H13O2S/c1-4-6(5(2)3)9-7(8)10/h5-6H,4H2,1-3H3. The van der Waals surface area contributed by atoms with Crippen LogP contribution in [0.3, 0.4) is 0 Å². The van der Waals surface area contributed by atoms with Crippen molar-refractivity contribution >= 4 is 17.9 Å². The molecule has 0 aliphatic rings. The van der Waals surface area contributed by atoms with Gasteiger partial charge < -0.3 is 4.74 Å². The predicted molar refractivity (Wildman–Crippen MR) is 43.0 cm³/mol. The Morgan fingerprint density at radius 3 is 2.20 bits per heavy atom. The van der Waals surface area contributed by atoms with E-state index >= 15 is 0 Å². The highest BCUT2D eigenvalue weighted by Gasteiger charge is 2.13. The summed E-state index contributed by atoms with van der Waals surface area (Å²) in [6, 6.07) is 0. The Morgan fingerprint density at radius 1 is 1.60 bits per heavy atom. The van der Waals surface area contributed by atoms with Gasteiger partial charge in [0.2, 0.25) is 0 Å². The molecule has 0 heterocycles. The van der Waals surface area contributed by atoms with E-state index in [1.165, 1.54) is 0 Å². The summed E-state index contributed by atoms with van der Waals surface area (Å²) in [5.74, 6) is 0.358. The number of rotatable bonds is 3. The SMILES string of the molecule is CCC(OC(=O)[S])C(C)C. The van der Waals surface area contributed by atoms with Crippen LogP contribution in [0.2, 0.25) is 0 Å². The Morgan fingerprint density at radius 2 is 2.10 bits per heavy atom. The van der Waals surface area contributed by atoms with Crippen molar-refractivity contribution in [3.05, 3.63) is 0 Å². The Balaban J connectivity index is 3.71. The summed E-state index contributed by atoms with van der Waals surface area (Å²) in [6.07, 6.45) is 0.824. The van der Waals surface area contributed by atoms with Crippen LogP contribution in [-0.4, -0.2) is 11.4 Å². The van der Waals surface area contributed by atoms with Gasteiger partial charge in [0.05, 0.1) is 0 Å². The number of hydrogen-bond donors (Lipinski definition) is 0. The molecule has 0 aliphatic carbocycles. The van der Waals surface area contributed by atoms with E-state index in [1.54, 1.807) is 0 Å². The van der Waals surface area contributed by atoms with Crippen LogP contribution < -0.4 is 0 Å². The molecule has 0 spiro atoms. The number of hydrogen-bond acceptors (Lipinski definition) is 2. The molecule has 0 saturated heterocycles. The second-order valence-corrected chi connectivity index (χ2v) is 2.89. The zero-order chi connectivity index (χ0) is 8.15. The molecular formula is C7H13O2S. The quantitative estimate of drug-likeness (QED) is 0.595. The Kier molecular flexibility index (Phi) is 4.36. The minimum absolute atomic E-state index is 0.00926. The van der Waals surface area contributed by atoms with Crippen molar-refractivity contribution in [3.8, 4) is 0 Å². The second-order valence-electron chi connectivity index (χ2n) is 2.56. The molecule has 10 heavy (non-hydrogen) atoms. The number of ether oxygens (including phenoxy) is 1. The number of carbonyl (C=O) groups is 1. The first-order valence-corrected chi connectivity index (χ1v) is 3.86. The van der Waals surface area contributed by atoms with Gasteiger partial charge in [0.25, 0.3) is 0 Å².